The molecule has 0 bridgehead atoms. The summed E-state index contributed by atoms with van der Waals surface area (Å²) >= 11 is 1.32. The molecule has 0 aliphatic carbocycles. The monoisotopic (exact) mass is 414 g/mol. The summed E-state index contributed by atoms with van der Waals surface area (Å²) in [6.07, 6.45) is 0.249. The Bertz CT molecular complexity index is 970. The van der Waals surface area contributed by atoms with Gasteiger partial charge in [-0.2, -0.15) is 0 Å². The first-order valence-corrected chi connectivity index (χ1v) is 10.2. The van der Waals surface area contributed by atoms with E-state index in [9.17, 15) is 24.6 Å². The highest BCUT2D eigenvalue weighted by Crippen LogP contribution is 2.54. The topological polar surface area (TPSA) is 99.8 Å². The third-order valence-corrected chi connectivity index (χ3v) is 7.20. The van der Waals surface area contributed by atoms with E-state index >= 15 is 0 Å². The van der Waals surface area contributed by atoms with Gasteiger partial charge in [0, 0.05) is 17.5 Å². The average molecular weight is 414 g/mol. The molecule has 2 saturated heterocycles. The lowest BCUT2D eigenvalue weighted by atomic mass is 9.85. The van der Waals surface area contributed by atoms with Crippen LogP contribution < -0.4 is 0 Å². The molecule has 0 spiro atoms. The molecule has 8 heteroatoms. The molecule has 2 aliphatic rings. The predicted molar refractivity (Wildman–Crippen MR) is 108 cm³/mol. The number of aliphatic hydroxyl groups excluding tert-OH is 1. The van der Waals surface area contributed by atoms with Crippen LogP contribution >= 0.6 is 11.8 Å². The number of nitrogens with zero attached hydrogens (tertiary/aromatic N) is 2. The molecule has 4 rings (SSSR count). The zero-order chi connectivity index (χ0) is 20.9. The average Bonchev–Trinajstić information content (AvgIpc) is 3.22. The molecule has 0 saturated carbocycles. The van der Waals surface area contributed by atoms with Gasteiger partial charge >= 0.3 is 5.97 Å². The molecule has 29 heavy (non-hydrogen) atoms. The second kappa shape index (κ2) is 7.03. The summed E-state index contributed by atoms with van der Waals surface area (Å²) in [5.41, 5.74) is 1.33. The summed E-state index contributed by atoms with van der Waals surface area (Å²) in [6, 6.07) is 12.0. The minimum atomic E-state index is -1.51. The van der Waals surface area contributed by atoms with Crippen LogP contribution in [0, 0.1) is 5.92 Å². The molecule has 1 aromatic heterocycles. The van der Waals surface area contributed by atoms with E-state index < -0.39 is 45.8 Å². The molecular formula is C21H22N2O5S. The molecular weight excluding hydrogens is 392 g/mol. The van der Waals surface area contributed by atoms with Crippen molar-refractivity contribution in [3.05, 3.63) is 59.9 Å². The van der Waals surface area contributed by atoms with Gasteiger partial charge in [0.05, 0.1) is 11.1 Å². The maximum Gasteiger partial charge on any atom is 0.327 e. The van der Waals surface area contributed by atoms with Crippen molar-refractivity contribution in [3.8, 4) is 0 Å². The number of aliphatic hydroxyl groups is 1. The smallest absolute Gasteiger partial charge is 0.327 e. The number of fused-ring (bicyclic) bond motifs is 1. The number of carbonyl (C=O) groups is 3. The largest absolute Gasteiger partial charge is 0.480 e. The number of carboxylic acids is 1. The fourth-order valence-electron chi connectivity index (χ4n) is 4.20. The van der Waals surface area contributed by atoms with Crippen molar-refractivity contribution in [3.63, 3.8) is 0 Å². The Balaban J connectivity index is 1.54. The van der Waals surface area contributed by atoms with Crippen LogP contribution in [0.15, 0.2) is 48.7 Å². The van der Waals surface area contributed by atoms with E-state index in [0.29, 0.717) is 12.2 Å². The van der Waals surface area contributed by atoms with Crippen LogP contribution in [0.5, 0.6) is 0 Å². The number of benzene rings is 1. The van der Waals surface area contributed by atoms with Gasteiger partial charge < -0.3 is 19.7 Å². The van der Waals surface area contributed by atoms with Gasteiger partial charge in [0.1, 0.15) is 18.1 Å². The van der Waals surface area contributed by atoms with Crippen LogP contribution in [0.25, 0.3) is 0 Å². The fourth-order valence-corrected chi connectivity index (χ4v) is 5.92. The number of aliphatic carboxylic acids is 1. The third-order valence-electron chi connectivity index (χ3n) is 5.60. The van der Waals surface area contributed by atoms with Crippen molar-refractivity contribution in [2.24, 2.45) is 5.92 Å². The highest BCUT2D eigenvalue weighted by Gasteiger charge is 2.66. The minimum Gasteiger partial charge on any atom is -0.480 e. The first-order chi connectivity index (χ1) is 13.7. The number of thioether (sulfide) groups is 1. The number of carboxylic acid groups (broad SMARTS) is 1. The van der Waals surface area contributed by atoms with Gasteiger partial charge in [-0.15, -0.1) is 11.8 Å². The van der Waals surface area contributed by atoms with E-state index in [1.165, 1.54) is 16.7 Å². The maximum absolute atomic E-state index is 13.0. The Kier molecular flexibility index (Phi) is 4.78. The molecule has 2 fully saturated rings. The normalized spacial score (nSPS) is 26.0. The molecule has 0 unspecified atom stereocenters. The SMILES string of the molecule is CC1(C)S[C@@H]2[C@H]([C@@H](O)C(=O)c3cccn3Cc3ccccc3)C(=O)N2[C@H]1C(=O)O. The summed E-state index contributed by atoms with van der Waals surface area (Å²) in [4.78, 5) is 38.6. The van der Waals surface area contributed by atoms with Crippen LogP contribution in [0.3, 0.4) is 0 Å². The zero-order valence-corrected chi connectivity index (χ0v) is 16.9. The molecule has 2 aliphatic heterocycles. The highest BCUT2D eigenvalue weighted by molar-refractivity contribution is 8.01. The first kappa shape index (κ1) is 19.7. The van der Waals surface area contributed by atoms with Gasteiger partial charge in [-0.05, 0) is 31.5 Å². The second-order valence-electron chi connectivity index (χ2n) is 7.94. The molecule has 1 aromatic carbocycles. The highest BCUT2D eigenvalue weighted by atomic mass is 32.2. The van der Waals surface area contributed by atoms with E-state index in [1.54, 1.807) is 36.7 Å². The van der Waals surface area contributed by atoms with Gasteiger partial charge in [-0.1, -0.05) is 30.3 Å². The van der Waals surface area contributed by atoms with Gasteiger partial charge in [-0.3, -0.25) is 9.59 Å². The Morgan fingerprint density at radius 2 is 1.86 bits per heavy atom. The number of ketones is 1. The number of amides is 1. The molecule has 7 nitrogen and oxygen atoms in total. The third kappa shape index (κ3) is 3.16. The number of carbonyl (C=O) groups excluding carboxylic acids is 2. The van der Waals surface area contributed by atoms with Crippen molar-refractivity contribution in [1.82, 2.24) is 9.47 Å². The lowest BCUT2D eigenvalue weighted by molar-refractivity contribution is -0.167. The quantitative estimate of drug-likeness (QED) is 0.553. The Morgan fingerprint density at radius 3 is 2.52 bits per heavy atom. The van der Waals surface area contributed by atoms with Crippen LogP contribution in [-0.2, 0) is 16.1 Å². The lowest BCUT2D eigenvalue weighted by Gasteiger charge is -2.45. The summed E-state index contributed by atoms with van der Waals surface area (Å²) in [5.74, 6) is -3.02. The van der Waals surface area contributed by atoms with Crippen molar-refractivity contribution in [2.45, 2.75) is 42.7 Å². The molecule has 0 radical (unpaired) electrons. The van der Waals surface area contributed by atoms with E-state index in [1.807, 2.05) is 30.3 Å². The van der Waals surface area contributed by atoms with E-state index in [0.717, 1.165) is 5.56 Å². The number of Topliss-reactive ketones (excluding diaryl/α,β-unsaturated/α-hetero) is 1. The van der Waals surface area contributed by atoms with Gasteiger partial charge in [0.15, 0.2) is 0 Å². The summed E-state index contributed by atoms with van der Waals surface area (Å²) in [6.45, 7) is 4.00. The molecule has 3 heterocycles. The Hall–Kier alpha value is -2.58. The van der Waals surface area contributed by atoms with E-state index in [-0.39, 0.29) is 0 Å². The number of hydrogen-bond donors (Lipinski definition) is 2. The molecule has 1 amide bonds. The van der Waals surface area contributed by atoms with Crippen molar-refractivity contribution >= 4 is 29.4 Å². The fraction of sp³-hybridized carbons (Fsp3) is 0.381. The first-order valence-electron chi connectivity index (χ1n) is 9.36. The van der Waals surface area contributed by atoms with E-state index in [4.69, 9.17) is 0 Å². The minimum absolute atomic E-state index is 0.324. The van der Waals surface area contributed by atoms with Gasteiger partial charge in [0.25, 0.3) is 0 Å². The second-order valence-corrected chi connectivity index (χ2v) is 9.71. The number of aromatic nitrogens is 1. The summed E-state index contributed by atoms with van der Waals surface area (Å²) in [5, 5.41) is 19.7. The summed E-state index contributed by atoms with van der Waals surface area (Å²) < 4.78 is 1.05. The van der Waals surface area contributed by atoms with Crippen LogP contribution in [-0.4, -0.2) is 59.6 Å². The zero-order valence-electron chi connectivity index (χ0n) is 16.1. The molecule has 2 N–H and O–H groups in total. The molecule has 152 valence electrons. The van der Waals surface area contributed by atoms with E-state index in [2.05, 4.69) is 0 Å². The maximum atomic E-state index is 13.0. The van der Waals surface area contributed by atoms with Gasteiger partial charge in [0.2, 0.25) is 11.7 Å². The Morgan fingerprint density at radius 1 is 1.17 bits per heavy atom. The van der Waals surface area contributed by atoms with Crippen LogP contribution in [0.4, 0.5) is 0 Å². The van der Waals surface area contributed by atoms with Gasteiger partial charge in [-0.25, -0.2) is 4.79 Å². The predicted octanol–water partition coefficient (Wildman–Crippen LogP) is 1.84. The lowest BCUT2D eigenvalue weighted by Crippen LogP contribution is -2.66. The number of rotatable bonds is 6. The van der Waals surface area contributed by atoms with Crippen molar-refractivity contribution in [1.29, 1.82) is 0 Å². The van der Waals surface area contributed by atoms with Crippen LogP contribution in [0.2, 0.25) is 0 Å². The summed E-state index contributed by atoms with van der Waals surface area (Å²) in [7, 11) is 0. The number of hydrogen-bond acceptors (Lipinski definition) is 5. The molecule has 4 atom stereocenters. The van der Waals surface area contributed by atoms with Crippen molar-refractivity contribution < 1.29 is 24.6 Å². The van der Waals surface area contributed by atoms with Crippen LogP contribution in [0.1, 0.15) is 29.9 Å². The standard InChI is InChI=1S/C21H22N2O5S/c1-21(2)17(20(27)28)23-18(26)14(19(23)29-21)16(25)15(24)13-9-6-10-22(13)11-12-7-4-3-5-8-12/h3-10,14,16-17,19,25H,11H2,1-2H3,(H,27,28)/t14-,16-,17+,19-/m1/s1. The number of β-lactam (4-membered cyclic amide) rings is 1. The Labute approximate surface area is 172 Å². The molecule has 2 aromatic rings. The van der Waals surface area contributed by atoms with Crippen molar-refractivity contribution in [2.75, 3.05) is 0 Å².